The summed E-state index contributed by atoms with van der Waals surface area (Å²) >= 11 is 0. The number of rotatable bonds is 4. The standard InChI is InChI=1S/C10H14N2O2/c1-7(12-8(2)10(13)14)9-3-5-11-6-4-9/h3-8,12H,1-2H3,(H,13,14)/t7-,8?/m1/s1. The summed E-state index contributed by atoms with van der Waals surface area (Å²) in [6.45, 7) is 3.55. The zero-order valence-electron chi connectivity index (χ0n) is 8.27. The number of aromatic nitrogens is 1. The van der Waals surface area contributed by atoms with Crippen molar-refractivity contribution in [2.45, 2.75) is 25.9 Å². The molecule has 1 rings (SSSR count). The van der Waals surface area contributed by atoms with E-state index in [1.54, 1.807) is 19.3 Å². The number of carboxylic acid groups (broad SMARTS) is 1. The molecule has 4 nitrogen and oxygen atoms in total. The van der Waals surface area contributed by atoms with Crippen LogP contribution in [0.4, 0.5) is 0 Å². The first-order chi connectivity index (χ1) is 6.61. The van der Waals surface area contributed by atoms with Gasteiger partial charge >= 0.3 is 5.97 Å². The van der Waals surface area contributed by atoms with Crippen LogP contribution in [0.25, 0.3) is 0 Å². The normalized spacial score (nSPS) is 14.7. The van der Waals surface area contributed by atoms with Crippen molar-refractivity contribution in [2.75, 3.05) is 0 Å². The van der Waals surface area contributed by atoms with Gasteiger partial charge in [0, 0.05) is 18.4 Å². The lowest BCUT2D eigenvalue weighted by Gasteiger charge is -2.16. The molecule has 2 atom stereocenters. The molecule has 0 amide bonds. The molecule has 0 saturated heterocycles. The van der Waals surface area contributed by atoms with Crippen molar-refractivity contribution in [1.82, 2.24) is 10.3 Å². The Labute approximate surface area is 83.0 Å². The maximum Gasteiger partial charge on any atom is 0.320 e. The van der Waals surface area contributed by atoms with Crippen molar-refractivity contribution in [3.63, 3.8) is 0 Å². The van der Waals surface area contributed by atoms with E-state index in [9.17, 15) is 4.79 Å². The highest BCUT2D eigenvalue weighted by molar-refractivity contribution is 5.72. The fraction of sp³-hybridized carbons (Fsp3) is 0.400. The van der Waals surface area contributed by atoms with Gasteiger partial charge in [0.05, 0.1) is 0 Å². The van der Waals surface area contributed by atoms with E-state index in [0.717, 1.165) is 5.56 Å². The first-order valence-corrected chi connectivity index (χ1v) is 4.50. The molecule has 1 unspecified atom stereocenters. The minimum atomic E-state index is -0.842. The van der Waals surface area contributed by atoms with Crippen LogP contribution in [0.5, 0.6) is 0 Å². The molecule has 0 saturated carbocycles. The maximum absolute atomic E-state index is 10.6. The van der Waals surface area contributed by atoms with Crippen molar-refractivity contribution < 1.29 is 9.90 Å². The number of nitrogens with zero attached hydrogens (tertiary/aromatic N) is 1. The predicted octanol–water partition coefficient (Wildman–Crippen LogP) is 1.21. The summed E-state index contributed by atoms with van der Waals surface area (Å²) in [5, 5.41) is 11.7. The monoisotopic (exact) mass is 194 g/mol. The Morgan fingerprint density at radius 2 is 2.00 bits per heavy atom. The van der Waals surface area contributed by atoms with Gasteiger partial charge in [0.1, 0.15) is 6.04 Å². The molecule has 0 aliphatic heterocycles. The van der Waals surface area contributed by atoms with Gasteiger partial charge in [0.2, 0.25) is 0 Å². The van der Waals surface area contributed by atoms with Crippen LogP contribution in [0, 0.1) is 0 Å². The van der Waals surface area contributed by atoms with E-state index in [1.165, 1.54) is 0 Å². The molecule has 0 fully saturated rings. The highest BCUT2D eigenvalue weighted by atomic mass is 16.4. The first kappa shape index (κ1) is 10.7. The van der Waals surface area contributed by atoms with E-state index in [4.69, 9.17) is 5.11 Å². The molecule has 76 valence electrons. The second-order valence-electron chi connectivity index (χ2n) is 3.23. The molecular weight excluding hydrogens is 180 g/mol. The molecule has 0 bridgehead atoms. The third-order valence-corrected chi connectivity index (χ3v) is 2.08. The van der Waals surface area contributed by atoms with Gasteiger partial charge in [-0.3, -0.25) is 15.1 Å². The van der Waals surface area contributed by atoms with Crippen molar-refractivity contribution in [2.24, 2.45) is 0 Å². The van der Waals surface area contributed by atoms with Crippen molar-refractivity contribution in [3.05, 3.63) is 30.1 Å². The third-order valence-electron chi connectivity index (χ3n) is 2.08. The van der Waals surface area contributed by atoms with E-state index in [2.05, 4.69) is 10.3 Å². The average molecular weight is 194 g/mol. The summed E-state index contributed by atoms with van der Waals surface area (Å²) in [5.41, 5.74) is 1.04. The molecule has 1 aromatic heterocycles. The first-order valence-electron chi connectivity index (χ1n) is 4.50. The minimum Gasteiger partial charge on any atom is -0.480 e. The number of pyridine rings is 1. The summed E-state index contributed by atoms with van der Waals surface area (Å²) in [6.07, 6.45) is 3.39. The lowest BCUT2D eigenvalue weighted by molar-refractivity contribution is -0.139. The predicted molar refractivity (Wildman–Crippen MR) is 52.9 cm³/mol. The molecule has 0 aliphatic rings. The highest BCUT2D eigenvalue weighted by Crippen LogP contribution is 2.10. The SMILES string of the molecule is CC(N[C@H](C)c1ccncc1)C(=O)O. The zero-order valence-corrected chi connectivity index (χ0v) is 8.27. The Bertz CT molecular complexity index is 300. The lowest BCUT2D eigenvalue weighted by Crippen LogP contribution is -2.35. The summed E-state index contributed by atoms with van der Waals surface area (Å²) < 4.78 is 0. The summed E-state index contributed by atoms with van der Waals surface area (Å²) in [7, 11) is 0. The fourth-order valence-electron chi connectivity index (χ4n) is 1.19. The molecule has 2 N–H and O–H groups in total. The van der Waals surface area contributed by atoms with Crippen LogP contribution in [0.15, 0.2) is 24.5 Å². The highest BCUT2D eigenvalue weighted by Gasteiger charge is 2.14. The topological polar surface area (TPSA) is 62.2 Å². The van der Waals surface area contributed by atoms with Gasteiger partial charge < -0.3 is 5.11 Å². The molecule has 0 aliphatic carbocycles. The van der Waals surface area contributed by atoms with E-state index in [1.807, 2.05) is 19.1 Å². The quantitative estimate of drug-likeness (QED) is 0.756. The lowest BCUT2D eigenvalue weighted by atomic mass is 10.1. The number of nitrogens with one attached hydrogen (secondary N) is 1. The van der Waals surface area contributed by atoms with Gasteiger partial charge in [-0.1, -0.05) is 0 Å². The van der Waals surface area contributed by atoms with Crippen LogP contribution in [0.2, 0.25) is 0 Å². The summed E-state index contributed by atoms with van der Waals surface area (Å²) in [5.74, 6) is -0.842. The van der Waals surface area contributed by atoms with Gasteiger partial charge in [0.15, 0.2) is 0 Å². The Balaban J connectivity index is 2.59. The average Bonchev–Trinajstić information content (AvgIpc) is 2.19. The summed E-state index contributed by atoms with van der Waals surface area (Å²) in [6, 6.07) is 3.21. The Morgan fingerprint density at radius 1 is 1.43 bits per heavy atom. The second-order valence-corrected chi connectivity index (χ2v) is 3.23. The van der Waals surface area contributed by atoms with Crippen LogP contribution < -0.4 is 5.32 Å². The van der Waals surface area contributed by atoms with Gasteiger partial charge in [-0.2, -0.15) is 0 Å². The number of carbonyl (C=O) groups is 1. The largest absolute Gasteiger partial charge is 0.480 e. The minimum absolute atomic E-state index is 0.0177. The van der Waals surface area contributed by atoms with E-state index < -0.39 is 12.0 Å². The molecule has 1 heterocycles. The molecule has 0 spiro atoms. The number of carboxylic acids is 1. The Morgan fingerprint density at radius 3 is 2.50 bits per heavy atom. The molecular formula is C10H14N2O2. The Hall–Kier alpha value is -1.42. The van der Waals surface area contributed by atoms with Crippen LogP contribution in [-0.4, -0.2) is 22.1 Å². The second kappa shape index (κ2) is 4.72. The van der Waals surface area contributed by atoms with Gasteiger partial charge in [-0.05, 0) is 31.5 Å². The molecule has 1 aromatic rings. The Kier molecular flexibility index (Phi) is 3.59. The molecule has 0 aromatic carbocycles. The van der Waals surface area contributed by atoms with Crippen molar-refractivity contribution in [1.29, 1.82) is 0 Å². The number of hydrogen-bond donors (Lipinski definition) is 2. The van der Waals surface area contributed by atoms with E-state index in [-0.39, 0.29) is 6.04 Å². The van der Waals surface area contributed by atoms with Crippen LogP contribution in [-0.2, 0) is 4.79 Å². The van der Waals surface area contributed by atoms with E-state index in [0.29, 0.717) is 0 Å². The third kappa shape index (κ3) is 2.81. The van der Waals surface area contributed by atoms with Crippen molar-refractivity contribution in [3.8, 4) is 0 Å². The van der Waals surface area contributed by atoms with Crippen molar-refractivity contribution >= 4 is 5.97 Å². The van der Waals surface area contributed by atoms with Gasteiger partial charge in [0.25, 0.3) is 0 Å². The van der Waals surface area contributed by atoms with Crippen LogP contribution in [0.3, 0.4) is 0 Å². The van der Waals surface area contributed by atoms with E-state index >= 15 is 0 Å². The molecule has 14 heavy (non-hydrogen) atoms. The molecule has 0 radical (unpaired) electrons. The van der Waals surface area contributed by atoms with Crippen LogP contribution >= 0.6 is 0 Å². The number of aliphatic carboxylic acids is 1. The zero-order chi connectivity index (χ0) is 10.6. The summed E-state index contributed by atoms with van der Waals surface area (Å²) in [4.78, 5) is 14.5. The fourth-order valence-corrected chi connectivity index (χ4v) is 1.19. The van der Waals surface area contributed by atoms with Gasteiger partial charge in [-0.25, -0.2) is 0 Å². The number of hydrogen-bond acceptors (Lipinski definition) is 3. The molecule has 4 heteroatoms. The maximum atomic E-state index is 10.6. The van der Waals surface area contributed by atoms with Gasteiger partial charge in [-0.15, -0.1) is 0 Å². The smallest absolute Gasteiger partial charge is 0.320 e. The van der Waals surface area contributed by atoms with Crippen LogP contribution in [0.1, 0.15) is 25.5 Å².